The van der Waals surface area contributed by atoms with Crippen molar-refractivity contribution in [2.24, 2.45) is 17.1 Å². The van der Waals surface area contributed by atoms with Crippen LogP contribution in [-0.4, -0.2) is 112 Å². The van der Waals surface area contributed by atoms with E-state index in [1.807, 2.05) is 48.5 Å². The van der Waals surface area contributed by atoms with Crippen molar-refractivity contribution in [2.75, 3.05) is 63.8 Å². The number of piperazine rings is 2. The Labute approximate surface area is 319 Å². The fourth-order valence-corrected chi connectivity index (χ4v) is 10.1. The van der Waals surface area contributed by atoms with E-state index in [0.717, 1.165) is 145 Å². The number of anilines is 1. The van der Waals surface area contributed by atoms with Gasteiger partial charge in [0.15, 0.2) is 0 Å². The maximum Gasteiger partial charge on any atom is 0.270 e. The minimum atomic E-state index is -0.332. The Morgan fingerprint density at radius 1 is 0.889 bits per heavy atom. The molecule has 2 saturated heterocycles. The van der Waals surface area contributed by atoms with Gasteiger partial charge in [-0.2, -0.15) is 0 Å². The zero-order chi connectivity index (χ0) is 37.3. The van der Waals surface area contributed by atoms with Crippen molar-refractivity contribution < 1.29 is 9.59 Å². The molecule has 0 radical (unpaired) electrons. The molecule has 290 valence electrons. The molecule has 5 heterocycles. The molecular formula is C42H59N9O3. The highest BCUT2D eigenvalue weighted by atomic mass is 16.2. The molecule has 54 heavy (non-hydrogen) atoms. The average Bonchev–Trinajstić information content (AvgIpc) is 3.21. The SMILES string of the molecule is CCc1cc2ncc(CN3CCN(c4ccc(C(=O)NC56CCC(CN7CCN(C(=O)[C@H](N)C8CCCCC8)CC7)(CC5)CC6)nc4)CC3)cc2[nH]c1=O. The molecule has 3 aromatic rings. The highest BCUT2D eigenvalue weighted by molar-refractivity contribution is 5.93. The highest BCUT2D eigenvalue weighted by Crippen LogP contribution is 2.52. The predicted octanol–water partition coefficient (Wildman–Crippen LogP) is 4.08. The Morgan fingerprint density at radius 3 is 2.26 bits per heavy atom. The number of hydrogen-bond donors (Lipinski definition) is 3. The number of carbonyl (C=O) groups excluding carboxylic acids is 2. The summed E-state index contributed by atoms with van der Waals surface area (Å²) in [6.45, 7) is 10.8. The second-order valence-electron chi connectivity index (χ2n) is 17.2. The van der Waals surface area contributed by atoms with Crippen LogP contribution < -0.4 is 21.5 Å². The molecule has 4 saturated carbocycles. The first kappa shape index (κ1) is 37.1. The maximum atomic E-state index is 13.5. The fourth-order valence-electron chi connectivity index (χ4n) is 10.1. The standard InChI is InChI=1S/C42H59N9O3/c1-2-31-25-35-36(46-38(31)52)24-30(26-44-35)28-48-16-20-50(21-17-48)33-8-9-34(45-27-33)39(53)47-42-13-10-41(11-14-42,12-15-42)29-49-18-22-51(23-19-49)40(54)37(43)32-6-4-3-5-7-32/h8-9,24-27,32,37H,2-7,10-23,28-29,43H2,1H3,(H,46,52)(H,47,53)/t37-,41?,42?/m1/s1. The molecule has 2 amide bonds. The Morgan fingerprint density at radius 2 is 1.59 bits per heavy atom. The summed E-state index contributed by atoms with van der Waals surface area (Å²) < 4.78 is 0. The number of aromatic amines is 1. The molecule has 3 aromatic heterocycles. The zero-order valence-electron chi connectivity index (χ0n) is 32.2. The van der Waals surface area contributed by atoms with Gasteiger partial charge in [0.2, 0.25) is 5.91 Å². The molecular weight excluding hydrogens is 679 g/mol. The lowest BCUT2D eigenvalue weighted by Gasteiger charge is -2.55. The summed E-state index contributed by atoms with van der Waals surface area (Å²) in [6.07, 6.45) is 16.8. The van der Waals surface area contributed by atoms with E-state index in [1.165, 1.54) is 19.3 Å². The topological polar surface area (TPSA) is 144 Å². The largest absolute Gasteiger partial charge is 0.368 e. The number of aryl methyl sites for hydroxylation is 1. The lowest BCUT2D eigenvalue weighted by molar-refractivity contribution is -0.136. The van der Waals surface area contributed by atoms with E-state index in [0.29, 0.717) is 23.4 Å². The van der Waals surface area contributed by atoms with Gasteiger partial charge in [0, 0.05) is 82.7 Å². The third-order valence-corrected chi connectivity index (χ3v) is 13.8. The van der Waals surface area contributed by atoms with Crippen LogP contribution in [0.3, 0.4) is 0 Å². The number of pyridine rings is 3. The molecule has 4 N–H and O–H groups in total. The summed E-state index contributed by atoms with van der Waals surface area (Å²) in [4.78, 5) is 60.6. The summed E-state index contributed by atoms with van der Waals surface area (Å²) in [5.41, 5.74) is 11.6. The number of fused-ring (bicyclic) bond motifs is 4. The zero-order valence-corrected chi connectivity index (χ0v) is 32.2. The number of nitrogens with zero attached hydrogens (tertiary/aromatic N) is 6. The van der Waals surface area contributed by atoms with Crippen LogP contribution in [0.15, 0.2) is 41.5 Å². The second kappa shape index (κ2) is 15.7. The van der Waals surface area contributed by atoms with Crippen molar-refractivity contribution >= 4 is 28.5 Å². The van der Waals surface area contributed by atoms with Crippen LogP contribution in [0.25, 0.3) is 11.0 Å². The minimum Gasteiger partial charge on any atom is -0.368 e. The van der Waals surface area contributed by atoms with E-state index in [1.54, 1.807) is 0 Å². The molecule has 6 fully saturated rings. The van der Waals surface area contributed by atoms with E-state index >= 15 is 0 Å². The number of nitrogens with two attached hydrogens (primary N) is 1. The Bertz CT molecular complexity index is 1830. The smallest absolute Gasteiger partial charge is 0.270 e. The maximum absolute atomic E-state index is 13.5. The van der Waals surface area contributed by atoms with E-state index < -0.39 is 0 Å². The van der Waals surface area contributed by atoms with Crippen molar-refractivity contribution in [3.05, 3.63) is 63.8 Å². The van der Waals surface area contributed by atoms with Gasteiger partial charge in [-0.15, -0.1) is 0 Å². The second-order valence-corrected chi connectivity index (χ2v) is 17.2. The lowest BCUT2D eigenvalue weighted by Crippen LogP contribution is -2.60. The molecule has 12 nitrogen and oxygen atoms in total. The van der Waals surface area contributed by atoms with Gasteiger partial charge in [0.1, 0.15) is 5.69 Å². The van der Waals surface area contributed by atoms with E-state index in [-0.39, 0.29) is 29.0 Å². The van der Waals surface area contributed by atoms with Gasteiger partial charge in [-0.05, 0) is 98.9 Å². The molecule has 0 spiro atoms. The van der Waals surface area contributed by atoms with Crippen LogP contribution in [0.2, 0.25) is 0 Å². The minimum absolute atomic E-state index is 0.0352. The summed E-state index contributed by atoms with van der Waals surface area (Å²) in [6, 6.07) is 7.51. The van der Waals surface area contributed by atoms with Gasteiger partial charge in [0.05, 0.1) is 29.0 Å². The number of rotatable bonds is 10. The van der Waals surface area contributed by atoms with Gasteiger partial charge < -0.3 is 25.8 Å². The van der Waals surface area contributed by atoms with Crippen molar-refractivity contribution in [1.82, 2.24) is 35.0 Å². The van der Waals surface area contributed by atoms with Crippen molar-refractivity contribution in [3.8, 4) is 0 Å². The number of H-pyrrole nitrogens is 1. The molecule has 0 aromatic carbocycles. The van der Waals surface area contributed by atoms with Gasteiger partial charge in [-0.3, -0.25) is 29.2 Å². The first-order valence-corrected chi connectivity index (χ1v) is 20.7. The predicted molar refractivity (Wildman–Crippen MR) is 211 cm³/mol. The van der Waals surface area contributed by atoms with E-state index in [4.69, 9.17) is 5.73 Å². The Hall–Kier alpha value is -3.87. The molecule has 0 unspecified atom stereocenters. The van der Waals surface area contributed by atoms with Crippen LogP contribution in [0.1, 0.15) is 99.2 Å². The number of aromatic nitrogens is 3. The van der Waals surface area contributed by atoms with Crippen LogP contribution >= 0.6 is 0 Å². The molecule has 9 rings (SSSR count). The lowest BCUT2D eigenvalue weighted by atomic mass is 9.57. The molecule has 12 heteroatoms. The third kappa shape index (κ3) is 7.93. The Kier molecular flexibility index (Phi) is 10.8. The number of carbonyl (C=O) groups is 2. The van der Waals surface area contributed by atoms with Crippen LogP contribution in [0.4, 0.5) is 5.69 Å². The third-order valence-electron chi connectivity index (χ3n) is 13.8. The summed E-state index contributed by atoms with van der Waals surface area (Å²) in [5.74, 6) is 0.453. The van der Waals surface area contributed by atoms with Crippen LogP contribution in [0.5, 0.6) is 0 Å². The summed E-state index contributed by atoms with van der Waals surface area (Å²) in [7, 11) is 0. The van der Waals surface area contributed by atoms with Crippen LogP contribution in [-0.2, 0) is 17.8 Å². The van der Waals surface area contributed by atoms with Crippen molar-refractivity contribution in [3.63, 3.8) is 0 Å². The summed E-state index contributed by atoms with van der Waals surface area (Å²) >= 11 is 0. The summed E-state index contributed by atoms with van der Waals surface area (Å²) in [5, 5.41) is 3.44. The molecule has 2 bridgehead atoms. The van der Waals surface area contributed by atoms with E-state index in [2.05, 4.69) is 35.0 Å². The van der Waals surface area contributed by atoms with Gasteiger partial charge in [-0.1, -0.05) is 26.2 Å². The molecule has 6 aliphatic rings. The van der Waals surface area contributed by atoms with Gasteiger partial charge in [-0.25, -0.2) is 4.98 Å². The van der Waals surface area contributed by atoms with Crippen molar-refractivity contribution in [2.45, 2.75) is 102 Å². The van der Waals surface area contributed by atoms with Crippen LogP contribution in [0, 0.1) is 11.3 Å². The number of hydrogen-bond acceptors (Lipinski definition) is 9. The fraction of sp³-hybridized carbons (Fsp3) is 0.643. The van der Waals surface area contributed by atoms with Gasteiger partial charge in [0.25, 0.3) is 11.5 Å². The molecule has 4 aliphatic carbocycles. The molecule has 1 atom stereocenters. The molecule has 2 aliphatic heterocycles. The number of amides is 2. The normalized spacial score (nSPS) is 26.3. The monoisotopic (exact) mass is 737 g/mol. The van der Waals surface area contributed by atoms with Gasteiger partial charge >= 0.3 is 0 Å². The quantitative estimate of drug-likeness (QED) is 0.281. The highest BCUT2D eigenvalue weighted by Gasteiger charge is 2.50. The first-order valence-electron chi connectivity index (χ1n) is 20.7. The average molecular weight is 738 g/mol. The van der Waals surface area contributed by atoms with E-state index in [9.17, 15) is 14.4 Å². The Balaban J connectivity index is 0.775. The number of nitrogens with one attached hydrogen (secondary N) is 2. The first-order chi connectivity index (χ1) is 26.2. The van der Waals surface area contributed by atoms with Crippen molar-refractivity contribution in [1.29, 1.82) is 0 Å².